The summed E-state index contributed by atoms with van der Waals surface area (Å²) in [6, 6.07) is 7.64. The van der Waals surface area contributed by atoms with Gasteiger partial charge >= 0.3 is 0 Å². The predicted molar refractivity (Wildman–Crippen MR) is 89.0 cm³/mol. The zero-order valence-corrected chi connectivity index (χ0v) is 14.3. The molecule has 0 aromatic heterocycles. The van der Waals surface area contributed by atoms with Gasteiger partial charge in [-0.3, -0.25) is 4.79 Å². The van der Waals surface area contributed by atoms with Gasteiger partial charge in [-0.05, 0) is 38.8 Å². The highest BCUT2D eigenvalue weighted by molar-refractivity contribution is 5.85. The lowest BCUT2D eigenvalue weighted by atomic mass is 9.88. The first-order valence-corrected chi connectivity index (χ1v) is 7.04. The SMILES string of the molecule is Cc1ccc(OC(C)C(=O)NC(C)(CN)C(C)C)cc1.Cl. The molecule has 0 saturated carbocycles. The van der Waals surface area contributed by atoms with Gasteiger partial charge in [-0.15, -0.1) is 12.4 Å². The van der Waals surface area contributed by atoms with Gasteiger partial charge in [-0.25, -0.2) is 0 Å². The molecule has 0 fully saturated rings. The zero-order valence-electron chi connectivity index (χ0n) is 13.5. The highest BCUT2D eigenvalue weighted by atomic mass is 35.5. The molecule has 2 unspecified atom stereocenters. The number of rotatable bonds is 6. The van der Waals surface area contributed by atoms with Crippen molar-refractivity contribution in [3.63, 3.8) is 0 Å². The Kier molecular flexibility index (Phi) is 7.75. The van der Waals surface area contributed by atoms with Crippen molar-refractivity contribution in [1.82, 2.24) is 5.32 Å². The number of aryl methyl sites for hydroxylation is 1. The molecule has 0 bridgehead atoms. The lowest BCUT2D eigenvalue weighted by Gasteiger charge is -2.34. The summed E-state index contributed by atoms with van der Waals surface area (Å²) in [5.41, 5.74) is 6.51. The highest BCUT2D eigenvalue weighted by Gasteiger charge is 2.30. The topological polar surface area (TPSA) is 64.3 Å². The molecule has 1 rings (SSSR count). The van der Waals surface area contributed by atoms with Crippen molar-refractivity contribution in [2.45, 2.75) is 46.3 Å². The molecular formula is C16H27ClN2O2. The molecular weight excluding hydrogens is 288 g/mol. The first kappa shape index (κ1) is 19.7. The lowest BCUT2D eigenvalue weighted by molar-refractivity contribution is -0.129. The largest absolute Gasteiger partial charge is 0.481 e. The van der Waals surface area contributed by atoms with E-state index in [9.17, 15) is 4.79 Å². The summed E-state index contributed by atoms with van der Waals surface area (Å²) >= 11 is 0. The monoisotopic (exact) mass is 314 g/mol. The van der Waals surface area contributed by atoms with Crippen LogP contribution >= 0.6 is 12.4 Å². The van der Waals surface area contributed by atoms with Crippen molar-refractivity contribution in [2.24, 2.45) is 11.7 Å². The van der Waals surface area contributed by atoms with E-state index in [2.05, 4.69) is 5.32 Å². The van der Waals surface area contributed by atoms with E-state index in [1.54, 1.807) is 6.92 Å². The van der Waals surface area contributed by atoms with Crippen molar-refractivity contribution in [3.05, 3.63) is 29.8 Å². The van der Waals surface area contributed by atoms with E-state index in [1.165, 1.54) is 0 Å². The first-order chi connectivity index (χ1) is 9.28. The molecule has 2 atom stereocenters. The normalized spacial score (nSPS) is 14.8. The molecule has 120 valence electrons. The number of carbonyl (C=O) groups excluding carboxylic acids is 1. The van der Waals surface area contributed by atoms with Gasteiger partial charge in [0.15, 0.2) is 6.10 Å². The second-order valence-electron chi connectivity index (χ2n) is 5.84. The Hall–Kier alpha value is -1.26. The molecule has 0 heterocycles. The average Bonchev–Trinajstić information content (AvgIpc) is 2.40. The number of ether oxygens (including phenoxy) is 1. The average molecular weight is 315 g/mol. The van der Waals surface area contributed by atoms with E-state index in [1.807, 2.05) is 52.0 Å². The molecule has 0 saturated heterocycles. The molecule has 0 radical (unpaired) electrons. The summed E-state index contributed by atoms with van der Waals surface area (Å²) in [6.45, 7) is 10.2. The summed E-state index contributed by atoms with van der Waals surface area (Å²) in [5.74, 6) is 0.799. The van der Waals surface area contributed by atoms with E-state index in [0.29, 0.717) is 12.3 Å². The fraction of sp³-hybridized carbons (Fsp3) is 0.562. The molecule has 4 nitrogen and oxygen atoms in total. The van der Waals surface area contributed by atoms with Crippen LogP contribution in [0.5, 0.6) is 5.75 Å². The third kappa shape index (κ3) is 5.56. The number of halogens is 1. The number of benzene rings is 1. The van der Waals surface area contributed by atoms with Crippen LogP contribution in [0.1, 0.15) is 33.3 Å². The number of nitrogens with two attached hydrogens (primary N) is 1. The number of nitrogens with one attached hydrogen (secondary N) is 1. The van der Waals surface area contributed by atoms with Gasteiger partial charge in [-0.1, -0.05) is 31.5 Å². The lowest BCUT2D eigenvalue weighted by Crippen LogP contribution is -2.57. The number of hydrogen-bond donors (Lipinski definition) is 2. The third-order valence-electron chi connectivity index (χ3n) is 3.81. The summed E-state index contributed by atoms with van der Waals surface area (Å²) in [7, 11) is 0. The van der Waals surface area contributed by atoms with Gasteiger partial charge in [0.05, 0.1) is 5.54 Å². The Balaban J connectivity index is 0.00000400. The molecule has 0 spiro atoms. The van der Waals surface area contributed by atoms with Gasteiger partial charge in [0.2, 0.25) is 0 Å². The molecule has 0 aliphatic rings. The molecule has 3 N–H and O–H groups in total. The minimum absolute atomic E-state index is 0. The van der Waals surface area contributed by atoms with Crippen LogP contribution in [0.4, 0.5) is 0 Å². The molecule has 1 amide bonds. The minimum Gasteiger partial charge on any atom is -0.481 e. The molecule has 1 aromatic carbocycles. The van der Waals surface area contributed by atoms with Gasteiger partial charge in [0, 0.05) is 6.54 Å². The fourth-order valence-electron chi connectivity index (χ4n) is 1.69. The Morgan fingerprint density at radius 3 is 2.24 bits per heavy atom. The smallest absolute Gasteiger partial charge is 0.261 e. The Morgan fingerprint density at radius 1 is 1.29 bits per heavy atom. The Bertz CT molecular complexity index is 448. The molecule has 21 heavy (non-hydrogen) atoms. The Labute approximate surface area is 133 Å². The first-order valence-electron chi connectivity index (χ1n) is 7.04. The maximum Gasteiger partial charge on any atom is 0.261 e. The zero-order chi connectivity index (χ0) is 15.3. The van der Waals surface area contributed by atoms with E-state index in [4.69, 9.17) is 10.5 Å². The quantitative estimate of drug-likeness (QED) is 0.848. The second kappa shape index (κ2) is 8.25. The van der Waals surface area contributed by atoms with Crippen LogP contribution in [-0.4, -0.2) is 24.1 Å². The number of amides is 1. The maximum atomic E-state index is 12.2. The summed E-state index contributed by atoms with van der Waals surface area (Å²) < 4.78 is 5.65. The minimum atomic E-state index is -0.553. The van der Waals surface area contributed by atoms with Gasteiger partial charge in [-0.2, -0.15) is 0 Å². The third-order valence-corrected chi connectivity index (χ3v) is 3.81. The summed E-state index contributed by atoms with van der Waals surface area (Å²) in [4.78, 5) is 12.2. The van der Waals surface area contributed by atoms with Gasteiger partial charge in [0.25, 0.3) is 5.91 Å². The maximum absolute atomic E-state index is 12.2. The number of carbonyl (C=O) groups is 1. The summed E-state index contributed by atoms with van der Waals surface area (Å²) in [6.07, 6.45) is -0.553. The predicted octanol–water partition coefficient (Wildman–Crippen LogP) is 2.67. The van der Waals surface area contributed by atoms with Crippen LogP contribution in [0.2, 0.25) is 0 Å². The molecule has 0 aliphatic carbocycles. The van der Waals surface area contributed by atoms with Crippen LogP contribution in [0.3, 0.4) is 0 Å². The summed E-state index contributed by atoms with van der Waals surface area (Å²) in [5, 5.41) is 2.98. The van der Waals surface area contributed by atoms with Crippen LogP contribution in [-0.2, 0) is 4.79 Å². The van der Waals surface area contributed by atoms with Crippen molar-refractivity contribution in [2.75, 3.05) is 6.54 Å². The van der Waals surface area contributed by atoms with Crippen molar-refractivity contribution in [3.8, 4) is 5.75 Å². The fourth-order valence-corrected chi connectivity index (χ4v) is 1.69. The molecule has 1 aromatic rings. The van der Waals surface area contributed by atoms with Crippen molar-refractivity contribution in [1.29, 1.82) is 0 Å². The van der Waals surface area contributed by atoms with Crippen LogP contribution in [0, 0.1) is 12.8 Å². The van der Waals surface area contributed by atoms with Gasteiger partial charge < -0.3 is 15.8 Å². The van der Waals surface area contributed by atoms with Gasteiger partial charge in [0.1, 0.15) is 5.75 Å². The van der Waals surface area contributed by atoms with E-state index in [-0.39, 0.29) is 24.2 Å². The van der Waals surface area contributed by atoms with E-state index >= 15 is 0 Å². The number of hydrogen-bond acceptors (Lipinski definition) is 3. The Morgan fingerprint density at radius 2 is 1.81 bits per heavy atom. The van der Waals surface area contributed by atoms with Crippen LogP contribution < -0.4 is 15.8 Å². The molecule has 5 heteroatoms. The van der Waals surface area contributed by atoms with Crippen molar-refractivity contribution < 1.29 is 9.53 Å². The van der Waals surface area contributed by atoms with E-state index in [0.717, 1.165) is 5.56 Å². The van der Waals surface area contributed by atoms with Crippen molar-refractivity contribution >= 4 is 18.3 Å². The molecule has 0 aliphatic heterocycles. The highest BCUT2D eigenvalue weighted by Crippen LogP contribution is 2.17. The van der Waals surface area contributed by atoms with E-state index < -0.39 is 11.6 Å². The van der Waals surface area contributed by atoms with Crippen LogP contribution in [0.15, 0.2) is 24.3 Å². The van der Waals surface area contributed by atoms with Crippen LogP contribution in [0.25, 0.3) is 0 Å². The second-order valence-corrected chi connectivity index (χ2v) is 5.84. The standard InChI is InChI=1S/C16H26N2O2.ClH/c1-11(2)16(5,10-17)18-15(19)13(4)20-14-8-6-12(3)7-9-14;/h6-9,11,13H,10,17H2,1-5H3,(H,18,19);1H.